The average molecular weight is 527 g/mol. The maximum absolute atomic E-state index is 12.7. The molecule has 0 saturated heterocycles. The van der Waals surface area contributed by atoms with Crippen LogP contribution in [0.4, 0.5) is 13.2 Å². The quantitative estimate of drug-likeness (QED) is 0.315. The predicted octanol–water partition coefficient (Wildman–Crippen LogP) is 7.05. The molecule has 5 nitrogen and oxygen atoms in total. The standard InChI is InChI=1S/C20H14Cl4F3N3O2/c21-15-9-14(31-7-5-17(23)24)10-16(22)18(15)32-8-6-30-11-28-19(29-30)12-1-3-13(4-2-12)20(25,26)27/h1-5,9-11H,6-8H2. The summed E-state index contributed by atoms with van der Waals surface area (Å²) >= 11 is 23.5. The van der Waals surface area contributed by atoms with E-state index < -0.39 is 11.7 Å². The molecule has 0 aliphatic carbocycles. The fourth-order valence-corrected chi connectivity index (χ4v) is 3.25. The van der Waals surface area contributed by atoms with E-state index in [0.717, 1.165) is 12.1 Å². The van der Waals surface area contributed by atoms with Gasteiger partial charge in [-0.15, -0.1) is 0 Å². The van der Waals surface area contributed by atoms with Crippen LogP contribution in [0.3, 0.4) is 0 Å². The molecule has 0 fully saturated rings. The van der Waals surface area contributed by atoms with Crippen LogP contribution in [-0.2, 0) is 12.7 Å². The predicted molar refractivity (Wildman–Crippen MR) is 118 cm³/mol. The third-order valence-electron chi connectivity index (χ3n) is 4.03. The van der Waals surface area contributed by atoms with Crippen molar-refractivity contribution in [2.24, 2.45) is 0 Å². The van der Waals surface area contributed by atoms with Gasteiger partial charge in [-0.1, -0.05) is 58.5 Å². The fourth-order valence-electron chi connectivity index (χ4n) is 2.54. The Morgan fingerprint density at radius 1 is 1.03 bits per heavy atom. The number of aromatic nitrogens is 3. The normalized spacial score (nSPS) is 11.3. The van der Waals surface area contributed by atoms with Crippen LogP contribution in [-0.4, -0.2) is 28.0 Å². The highest BCUT2D eigenvalue weighted by molar-refractivity contribution is 6.55. The molecule has 0 radical (unpaired) electrons. The number of hydrogen-bond acceptors (Lipinski definition) is 4. The third kappa shape index (κ3) is 6.68. The molecule has 3 rings (SSSR count). The Hall–Kier alpha value is -2.13. The first kappa shape index (κ1) is 24.5. The number of alkyl halides is 3. The molecular weight excluding hydrogens is 513 g/mol. The highest BCUT2D eigenvalue weighted by atomic mass is 35.5. The van der Waals surface area contributed by atoms with Gasteiger partial charge in [0.25, 0.3) is 0 Å². The summed E-state index contributed by atoms with van der Waals surface area (Å²) in [5, 5.41) is 4.74. The molecule has 0 atom stereocenters. The first-order chi connectivity index (χ1) is 15.1. The van der Waals surface area contributed by atoms with E-state index in [1.54, 1.807) is 0 Å². The van der Waals surface area contributed by atoms with E-state index in [-0.39, 0.29) is 33.5 Å². The highest BCUT2D eigenvalue weighted by Gasteiger charge is 2.30. The summed E-state index contributed by atoms with van der Waals surface area (Å²) in [5.41, 5.74) is -0.275. The summed E-state index contributed by atoms with van der Waals surface area (Å²) in [7, 11) is 0. The molecule has 0 unspecified atom stereocenters. The van der Waals surface area contributed by atoms with Crippen molar-refractivity contribution in [2.45, 2.75) is 12.7 Å². The average Bonchev–Trinajstić information content (AvgIpc) is 3.18. The topological polar surface area (TPSA) is 49.2 Å². The van der Waals surface area contributed by atoms with Gasteiger partial charge in [0.2, 0.25) is 0 Å². The highest BCUT2D eigenvalue weighted by Crippen LogP contribution is 2.37. The van der Waals surface area contributed by atoms with Crippen LogP contribution in [0.2, 0.25) is 10.0 Å². The number of halogens is 7. The zero-order valence-corrected chi connectivity index (χ0v) is 19.1. The zero-order chi connectivity index (χ0) is 23.3. The molecule has 170 valence electrons. The second-order valence-corrected chi connectivity index (χ2v) is 8.10. The van der Waals surface area contributed by atoms with Crippen molar-refractivity contribution in [2.75, 3.05) is 13.2 Å². The molecule has 0 saturated carbocycles. The minimum Gasteiger partial charge on any atom is -0.489 e. The lowest BCUT2D eigenvalue weighted by atomic mass is 10.1. The zero-order valence-electron chi connectivity index (χ0n) is 16.0. The summed E-state index contributed by atoms with van der Waals surface area (Å²) < 4.78 is 50.7. The lowest BCUT2D eigenvalue weighted by Crippen LogP contribution is -2.09. The van der Waals surface area contributed by atoms with Crippen molar-refractivity contribution in [3.05, 3.63) is 68.9 Å². The Morgan fingerprint density at radius 2 is 1.69 bits per heavy atom. The van der Waals surface area contributed by atoms with Gasteiger partial charge in [-0.3, -0.25) is 0 Å². The van der Waals surface area contributed by atoms with Crippen molar-refractivity contribution in [1.29, 1.82) is 0 Å². The summed E-state index contributed by atoms with van der Waals surface area (Å²) in [6.07, 6.45) is -1.48. The molecule has 0 amide bonds. The van der Waals surface area contributed by atoms with Crippen molar-refractivity contribution in [1.82, 2.24) is 14.8 Å². The first-order valence-electron chi connectivity index (χ1n) is 8.96. The van der Waals surface area contributed by atoms with Crippen LogP contribution in [0.5, 0.6) is 11.5 Å². The van der Waals surface area contributed by atoms with E-state index in [1.165, 1.54) is 41.4 Å². The van der Waals surface area contributed by atoms with Crippen LogP contribution >= 0.6 is 46.4 Å². The van der Waals surface area contributed by atoms with E-state index in [9.17, 15) is 13.2 Å². The van der Waals surface area contributed by atoms with Gasteiger partial charge < -0.3 is 9.47 Å². The van der Waals surface area contributed by atoms with Crippen molar-refractivity contribution < 1.29 is 22.6 Å². The lowest BCUT2D eigenvalue weighted by Gasteiger charge is -2.12. The van der Waals surface area contributed by atoms with Crippen LogP contribution in [0, 0.1) is 0 Å². The van der Waals surface area contributed by atoms with Crippen LogP contribution < -0.4 is 9.47 Å². The molecule has 1 aromatic heterocycles. The molecule has 0 aliphatic heterocycles. The Labute approximate surface area is 201 Å². The van der Waals surface area contributed by atoms with Gasteiger partial charge in [-0.05, 0) is 18.2 Å². The Bertz CT molecular complexity index is 1080. The van der Waals surface area contributed by atoms with Gasteiger partial charge in [0, 0.05) is 17.7 Å². The summed E-state index contributed by atoms with van der Waals surface area (Å²) in [5.74, 6) is 0.979. The molecule has 0 spiro atoms. The Morgan fingerprint density at radius 3 is 2.28 bits per heavy atom. The van der Waals surface area contributed by atoms with Gasteiger partial charge in [-0.25, -0.2) is 9.67 Å². The fraction of sp³-hybridized carbons (Fsp3) is 0.200. The molecule has 12 heteroatoms. The molecule has 1 heterocycles. The largest absolute Gasteiger partial charge is 0.489 e. The number of rotatable bonds is 8. The monoisotopic (exact) mass is 525 g/mol. The smallest absolute Gasteiger partial charge is 0.416 e. The molecule has 2 aromatic carbocycles. The minimum atomic E-state index is -4.40. The molecular formula is C20H14Cl4F3N3O2. The maximum Gasteiger partial charge on any atom is 0.416 e. The number of hydrogen-bond donors (Lipinski definition) is 0. The van der Waals surface area contributed by atoms with E-state index in [0.29, 0.717) is 23.7 Å². The van der Waals surface area contributed by atoms with Gasteiger partial charge in [0.05, 0.1) is 22.2 Å². The van der Waals surface area contributed by atoms with Gasteiger partial charge >= 0.3 is 6.18 Å². The van der Waals surface area contributed by atoms with E-state index in [1.807, 2.05) is 0 Å². The van der Waals surface area contributed by atoms with E-state index >= 15 is 0 Å². The van der Waals surface area contributed by atoms with Crippen LogP contribution in [0.15, 0.2) is 53.3 Å². The number of ether oxygens (including phenoxy) is 2. The summed E-state index contributed by atoms with van der Waals surface area (Å²) in [6.45, 7) is 0.611. The van der Waals surface area contributed by atoms with Crippen LogP contribution in [0.25, 0.3) is 11.4 Å². The number of nitrogens with zero attached hydrogens (tertiary/aromatic N) is 3. The molecule has 0 bridgehead atoms. The Kier molecular flexibility index (Phi) is 8.16. The first-order valence-corrected chi connectivity index (χ1v) is 10.5. The number of benzene rings is 2. The van der Waals surface area contributed by atoms with Crippen molar-refractivity contribution >= 4 is 46.4 Å². The van der Waals surface area contributed by atoms with Crippen LogP contribution in [0.1, 0.15) is 5.56 Å². The third-order valence-corrected chi connectivity index (χ3v) is 4.90. The molecule has 0 N–H and O–H groups in total. The summed E-state index contributed by atoms with van der Waals surface area (Å²) in [6, 6.07) is 7.68. The molecule has 0 aliphatic rings. The second-order valence-electron chi connectivity index (χ2n) is 6.28. The molecule has 32 heavy (non-hydrogen) atoms. The maximum atomic E-state index is 12.7. The SMILES string of the molecule is FC(F)(F)c1ccc(-c2ncn(CCOc3c(Cl)cc(OCC=C(Cl)Cl)cc3Cl)n2)cc1. The molecule has 3 aromatic rings. The summed E-state index contributed by atoms with van der Waals surface area (Å²) in [4.78, 5) is 4.11. The Balaban J connectivity index is 1.58. The second kappa shape index (κ2) is 10.7. The lowest BCUT2D eigenvalue weighted by molar-refractivity contribution is -0.137. The van der Waals surface area contributed by atoms with Gasteiger partial charge in [-0.2, -0.15) is 18.3 Å². The van der Waals surface area contributed by atoms with E-state index in [4.69, 9.17) is 55.9 Å². The van der Waals surface area contributed by atoms with Gasteiger partial charge in [0.15, 0.2) is 11.6 Å². The van der Waals surface area contributed by atoms with Crippen molar-refractivity contribution in [3.8, 4) is 22.9 Å². The van der Waals surface area contributed by atoms with Gasteiger partial charge in [0.1, 0.15) is 29.8 Å². The van der Waals surface area contributed by atoms with E-state index in [2.05, 4.69) is 10.1 Å². The minimum absolute atomic E-state index is 0.0803. The van der Waals surface area contributed by atoms with Crippen molar-refractivity contribution in [3.63, 3.8) is 0 Å².